The fourth-order valence-corrected chi connectivity index (χ4v) is 1.60. The molecule has 1 aromatic heterocycles. The molecule has 0 spiro atoms. The fraction of sp³-hybridized carbons (Fsp3) is 0.667. The van der Waals surface area contributed by atoms with Crippen molar-refractivity contribution in [2.75, 3.05) is 0 Å². The van der Waals surface area contributed by atoms with E-state index in [-0.39, 0.29) is 18.3 Å². The summed E-state index contributed by atoms with van der Waals surface area (Å²) in [7, 11) is 0. The zero-order valence-electron chi connectivity index (χ0n) is 8.97. The summed E-state index contributed by atoms with van der Waals surface area (Å²) >= 11 is 0. The summed E-state index contributed by atoms with van der Waals surface area (Å²) in [5, 5.41) is 16.4. The predicted octanol–water partition coefficient (Wildman–Crippen LogP) is 0.796. The fourth-order valence-electron chi connectivity index (χ4n) is 1.60. The lowest BCUT2D eigenvalue weighted by Gasteiger charge is -2.14. The van der Waals surface area contributed by atoms with Crippen LogP contribution in [0.25, 0.3) is 0 Å². The smallest absolute Gasteiger partial charge is 0.358 e. The van der Waals surface area contributed by atoms with Crippen molar-refractivity contribution in [3.8, 4) is 0 Å². The summed E-state index contributed by atoms with van der Waals surface area (Å²) in [6.45, 7) is 4.19. The van der Waals surface area contributed by atoms with E-state index in [1.165, 1.54) is 0 Å². The molecule has 0 aromatic carbocycles. The van der Waals surface area contributed by atoms with E-state index in [0.717, 1.165) is 12.8 Å². The molecule has 0 radical (unpaired) electrons. The van der Waals surface area contributed by atoms with Crippen LogP contribution in [0, 0.1) is 0 Å². The lowest BCUT2D eigenvalue weighted by atomic mass is 10.1. The highest BCUT2D eigenvalue weighted by Crippen LogP contribution is 2.18. The number of carboxylic acid groups (broad SMARTS) is 1. The molecule has 0 fully saturated rings. The van der Waals surface area contributed by atoms with Crippen molar-refractivity contribution in [3.05, 3.63) is 11.4 Å². The molecule has 0 aliphatic heterocycles. The third kappa shape index (κ3) is 2.15. The van der Waals surface area contributed by atoms with Crippen LogP contribution in [0.4, 0.5) is 0 Å². The monoisotopic (exact) mass is 212 g/mol. The van der Waals surface area contributed by atoms with Crippen LogP contribution < -0.4 is 5.73 Å². The van der Waals surface area contributed by atoms with Crippen molar-refractivity contribution in [1.29, 1.82) is 0 Å². The van der Waals surface area contributed by atoms with E-state index >= 15 is 0 Å². The molecule has 0 bridgehead atoms. The number of nitrogens with two attached hydrogens (primary N) is 1. The maximum absolute atomic E-state index is 10.8. The second kappa shape index (κ2) is 4.88. The van der Waals surface area contributed by atoms with Gasteiger partial charge >= 0.3 is 5.97 Å². The van der Waals surface area contributed by atoms with Gasteiger partial charge in [-0.05, 0) is 12.8 Å². The van der Waals surface area contributed by atoms with Crippen LogP contribution in [-0.4, -0.2) is 26.1 Å². The highest BCUT2D eigenvalue weighted by Gasteiger charge is 2.20. The van der Waals surface area contributed by atoms with Gasteiger partial charge in [0.15, 0.2) is 5.69 Å². The quantitative estimate of drug-likeness (QED) is 0.752. The number of hydrogen-bond donors (Lipinski definition) is 2. The van der Waals surface area contributed by atoms with Crippen LogP contribution in [0.2, 0.25) is 0 Å². The number of aromatic nitrogens is 3. The number of nitrogens with zero attached hydrogens (tertiary/aromatic N) is 3. The van der Waals surface area contributed by atoms with Gasteiger partial charge in [0.25, 0.3) is 0 Å². The number of hydrogen-bond acceptors (Lipinski definition) is 4. The van der Waals surface area contributed by atoms with Crippen molar-refractivity contribution in [1.82, 2.24) is 15.0 Å². The second-order valence-corrected chi connectivity index (χ2v) is 3.31. The Morgan fingerprint density at radius 1 is 1.53 bits per heavy atom. The Balaban J connectivity index is 3.13. The SMILES string of the molecule is CCC(CC)n1nnc(C(=O)O)c1CN. The minimum absolute atomic E-state index is 0.0376. The van der Waals surface area contributed by atoms with Gasteiger partial charge in [-0.15, -0.1) is 5.10 Å². The first-order chi connectivity index (χ1) is 7.15. The molecule has 0 saturated carbocycles. The lowest BCUT2D eigenvalue weighted by Crippen LogP contribution is -2.16. The van der Waals surface area contributed by atoms with Gasteiger partial charge in [0.2, 0.25) is 0 Å². The molecular weight excluding hydrogens is 196 g/mol. The van der Waals surface area contributed by atoms with E-state index in [2.05, 4.69) is 10.3 Å². The topological polar surface area (TPSA) is 94.0 Å². The third-order valence-corrected chi connectivity index (χ3v) is 2.48. The Hall–Kier alpha value is -1.43. The molecular formula is C9H16N4O2. The van der Waals surface area contributed by atoms with Crippen molar-refractivity contribution in [2.45, 2.75) is 39.3 Å². The highest BCUT2D eigenvalue weighted by atomic mass is 16.4. The molecule has 1 aromatic rings. The van der Waals surface area contributed by atoms with Gasteiger partial charge in [-0.2, -0.15) is 0 Å². The van der Waals surface area contributed by atoms with Crippen LogP contribution in [0.1, 0.15) is 48.9 Å². The molecule has 0 atom stereocenters. The van der Waals surface area contributed by atoms with Crippen molar-refractivity contribution >= 4 is 5.97 Å². The average molecular weight is 212 g/mol. The standard InChI is InChI=1S/C9H16N4O2/c1-3-6(4-2)13-7(5-10)8(9(14)15)11-12-13/h6H,3-5,10H2,1-2H3,(H,14,15). The molecule has 1 heterocycles. The molecule has 0 amide bonds. The first-order valence-corrected chi connectivity index (χ1v) is 5.03. The van der Waals surface area contributed by atoms with E-state index < -0.39 is 5.97 Å². The molecule has 0 unspecified atom stereocenters. The Bertz CT molecular complexity index is 344. The number of carbonyl (C=O) groups is 1. The highest BCUT2D eigenvalue weighted by molar-refractivity contribution is 5.86. The maximum atomic E-state index is 10.8. The molecule has 6 heteroatoms. The van der Waals surface area contributed by atoms with Gasteiger partial charge in [0.05, 0.1) is 11.7 Å². The van der Waals surface area contributed by atoms with Crippen LogP contribution in [-0.2, 0) is 6.54 Å². The summed E-state index contributed by atoms with van der Waals surface area (Å²) in [5.41, 5.74) is 5.98. The predicted molar refractivity (Wildman–Crippen MR) is 54.5 cm³/mol. The van der Waals surface area contributed by atoms with Crippen LogP contribution in [0.3, 0.4) is 0 Å². The lowest BCUT2D eigenvalue weighted by molar-refractivity contribution is 0.0689. The van der Waals surface area contributed by atoms with Gasteiger partial charge in [0.1, 0.15) is 0 Å². The normalized spacial score (nSPS) is 10.9. The average Bonchev–Trinajstić information content (AvgIpc) is 2.63. The van der Waals surface area contributed by atoms with E-state index in [4.69, 9.17) is 10.8 Å². The van der Waals surface area contributed by atoms with Crippen molar-refractivity contribution in [3.63, 3.8) is 0 Å². The van der Waals surface area contributed by atoms with Crippen LogP contribution in [0.5, 0.6) is 0 Å². The molecule has 0 saturated heterocycles. The van der Waals surface area contributed by atoms with E-state index in [9.17, 15) is 4.79 Å². The van der Waals surface area contributed by atoms with E-state index in [0.29, 0.717) is 5.69 Å². The van der Waals surface area contributed by atoms with E-state index in [1.807, 2.05) is 13.8 Å². The largest absolute Gasteiger partial charge is 0.476 e. The molecule has 15 heavy (non-hydrogen) atoms. The molecule has 0 aliphatic rings. The Labute approximate surface area is 88.1 Å². The van der Waals surface area contributed by atoms with Crippen molar-refractivity contribution in [2.24, 2.45) is 5.73 Å². The number of carboxylic acids is 1. The summed E-state index contributed by atoms with van der Waals surface area (Å²) in [6, 6.07) is 0.171. The first-order valence-electron chi connectivity index (χ1n) is 5.03. The Kier molecular flexibility index (Phi) is 3.79. The third-order valence-electron chi connectivity index (χ3n) is 2.48. The van der Waals surface area contributed by atoms with Crippen molar-refractivity contribution < 1.29 is 9.90 Å². The second-order valence-electron chi connectivity index (χ2n) is 3.31. The number of rotatable bonds is 5. The minimum atomic E-state index is -1.08. The first kappa shape index (κ1) is 11.6. The van der Waals surface area contributed by atoms with Gasteiger partial charge < -0.3 is 10.8 Å². The van der Waals surface area contributed by atoms with Gasteiger partial charge in [-0.25, -0.2) is 9.48 Å². The maximum Gasteiger partial charge on any atom is 0.358 e. The van der Waals surface area contributed by atoms with Crippen LogP contribution >= 0.6 is 0 Å². The molecule has 6 nitrogen and oxygen atoms in total. The molecule has 84 valence electrons. The summed E-state index contributed by atoms with van der Waals surface area (Å²) in [6.07, 6.45) is 1.76. The minimum Gasteiger partial charge on any atom is -0.476 e. The summed E-state index contributed by atoms with van der Waals surface area (Å²) < 4.78 is 1.63. The zero-order valence-corrected chi connectivity index (χ0v) is 8.97. The summed E-state index contributed by atoms with van der Waals surface area (Å²) in [4.78, 5) is 10.8. The summed E-state index contributed by atoms with van der Waals surface area (Å²) in [5.74, 6) is -1.08. The van der Waals surface area contributed by atoms with Gasteiger partial charge in [-0.3, -0.25) is 0 Å². The zero-order chi connectivity index (χ0) is 11.4. The Morgan fingerprint density at radius 3 is 2.53 bits per heavy atom. The molecule has 1 rings (SSSR count). The number of aromatic carboxylic acids is 1. The van der Waals surface area contributed by atoms with Gasteiger partial charge in [0, 0.05) is 6.54 Å². The van der Waals surface area contributed by atoms with E-state index in [1.54, 1.807) is 4.68 Å². The molecule has 3 N–H and O–H groups in total. The Morgan fingerprint density at radius 2 is 2.13 bits per heavy atom. The molecule has 0 aliphatic carbocycles. The van der Waals surface area contributed by atoms with Gasteiger partial charge in [-0.1, -0.05) is 19.1 Å². The van der Waals surface area contributed by atoms with Crippen LogP contribution in [0.15, 0.2) is 0 Å².